The van der Waals surface area contributed by atoms with Gasteiger partial charge in [-0.1, -0.05) is 48.6 Å². The molecule has 0 heterocycles. The van der Waals surface area contributed by atoms with E-state index in [9.17, 15) is 26.3 Å². The molecule has 0 aliphatic heterocycles. The molecule has 0 bridgehead atoms. The second kappa shape index (κ2) is 9.30. The van der Waals surface area contributed by atoms with E-state index < -0.39 is 29.0 Å². The van der Waals surface area contributed by atoms with E-state index in [0.717, 1.165) is 30.5 Å². The van der Waals surface area contributed by atoms with E-state index in [0.29, 0.717) is 19.3 Å². The number of nitrogens with zero attached hydrogens (tertiary/aromatic N) is 1. The zero-order valence-corrected chi connectivity index (χ0v) is 18.1. The molecule has 1 aliphatic rings. The van der Waals surface area contributed by atoms with Gasteiger partial charge >= 0.3 is 12.4 Å². The van der Waals surface area contributed by atoms with E-state index in [1.54, 1.807) is 19.0 Å². The van der Waals surface area contributed by atoms with Crippen molar-refractivity contribution in [1.29, 1.82) is 0 Å². The Balaban J connectivity index is 2.21. The average Bonchev–Trinajstić information content (AvgIpc) is 2.74. The number of allylic oxidation sites excluding steroid dienone is 1. The van der Waals surface area contributed by atoms with Crippen molar-refractivity contribution in [3.05, 3.63) is 82.9 Å². The molecular formula is C25H27F6N. The summed E-state index contributed by atoms with van der Waals surface area (Å²) in [6, 6.07) is 11.5. The van der Waals surface area contributed by atoms with Crippen molar-refractivity contribution in [3.63, 3.8) is 0 Å². The van der Waals surface area contributed by atoms with Crippen LogP contribution in [0.15, 0.2) is 60.7 Å². The third-order valence-corrected chi connectivity index (χ3v) is 6.42. The van der Waals surface area contributed by atoms with Crippen LogP contribution in [0.4, 0.5) is 26.3 Å². The molecule has 3 rings (SSSR count). The molecule has 2 atom stereocenters. The molecule has 0 spiro atoms. The molecule has 174 valence electrons. The Morgan fingerprint density at radius 3 is 2.09 bits per heavy atom. The van der Waals surface area contributed by atoms with Crippen LogP contribution in [-0.4, -0.2) is 19.0 Å². The van der Waals surface area contributed by atoms with Crippen LogP contribution in [0.3, 0.4) is 0 Å². The molecule has 7 heteroatoms. The largest absolute Gasteiger partial charge is 0.416 e. The maximum Gasteiger partial charge on any atom is 0.416 e. The van der Waals surface area contributed by atoms with Gasteiger partial charge in [-0.15, -0.1) is 0 Å². The highest BCUT2D eigenvalue weighted by Gasteiger charge is 2.48. The Hall–Kier alpha value is -2.28. The van der Waals surface area contributed by atoms with E-state index in [-0.39, 0.29) is 17.5 Å². The van der Waals surface area contributed by atoms with E-state index in [1.165, 1.54) is 0 Å². The van der Waals surface area contributed by atoms with Crippen molar-refractivity contribution in [2.45, 2.75) is 50.0 Å². The summed E-state index contributed by atoms with van der Waals surface area (Å²) in [5, 5.41) is 0. The first-order valence-corrected chi connectivity index (χ1v) is 10.6. The summed E-state index contributed by atoms with van der Waals surface area (Å²) in [6.45, 7) is 0. The Kier molecular flexibility index (Phi) is 7.08. The predicted molar refractivity (Wildman–Crippen MR) is 113 cm³/mol. The molecular weight excluding hydrogens is 428 g/mol. The predicted octanol–water partition coefficient (Wildman–Crippen LogP) is 7.47. The highest BCUT2D eigenvalue weighted by atomic mass is 19.4. The fraction of sp³-hybridized carbons (Fsp3) is 0.440. The highest BCUT2D eigenvalue weighted by molar-refractivity contribution is 5.42. The van der Waals surface area contributed by atoms with E-state index in [4.69, 9.17) is 0 Å². The minimum atomic E-state index is -4.91. The van der Waals surface area contributed by atoms with Gasteiger partial charge in [-0.2, -0.15) is 26.3 Å². The van der Waals surface area contributed by atoms with Crippen LogP contribution < -0.4 is 0 Å². The molecule has 2 unspecified atom stereocenters. The van der Waals surface area contributed by atoms with Gasteiger partial charge in [0, 0.05) is 0 Å². The van der Waals surface area contributed by atoms with Crippen molar-refractivity contribution in [2.75, 3.05) is 14.1 Å². The fourth-order valence-corrected chi connectivity index (χ4v) is 4.84. The Labute approximate surface area is 184 Å². The summed E-state index contributed by atoms with van der Waals surface area (Å²) in [5.41, 5.74) is -2.74. The number of hydrogen-bond donors (Lipinski definition) is 0. The van der Waals surface area contributed by atoms with Crippen LogP contribution in [0.5, 0.6) is 0 Å². The molecule has 32 heavy (non-hydrogen) atoms. The van der Waals surface area contributed by atoms with Crippen molar-refractivity contribution < 1.29 is 26.3 Å². The lowest BCUT2D eigenvalue weighted by atomic mass is 9.68. The van der Waals surface area contributed by atoms with Crippen LogP contribution in [0.1, 0.15) is 47.9 Å². The van der Waals surface area contributed by atoms with Crippen molar-refractivity contribution >= 4 is 0 Å². The lowest BCUT2D eigenvalue weighted by Gasteiger charge is -2.48. The molecule has 2 aromatic rings. The van der Waals surface area contributed by atoms with E-state index in [1.807, 2.05) is 42.5 Å². The van der Waals surface area contributed by atoms with Crippen LogP contribution >= 0.6 is 0 Å². The van der Waals surface area contributed by atoms with Gasteiger partial charge in [-0.3, -0.25) is 4.90 Å². The number of halogens is 6. The summed E-state index contributed by atoms with van der Waals surface area (Å²) in [6.07, 6.45) is -2.69. The van der Waals surface area contributed by atoms with Crippen molar-refractivity contribution in [2.24, 2.45) is 5.92 Å². The van der Waals surface area contributed by atoms with Gasteiger partial charge in [0.2, 0.25) is 0 Å². The van der Waals surface area contributed by atoms with Crippen molar-refractivity contribution in [3.8, 4) is 0 Å². The van der Waals surface area contributed by atoms with Gasteiger partial charge in [0.05, 0.1) is 16.7 Å². The van der Waals surface area contributed by atoms with Crippen molar-refractivity contribution in [1.82, 2.24) is 4.90 Å². The molecule has 0 radical (unpaired) electrons. The number of alkyl halides is 6. The second-order valence-corrected chi connectivity index (χ2v) is 8.53. The van der Waals surface area contributed by atoms with Gasteiger partial charge in [0.15, 0.2) is 0 Å². The minimum absolute atomic E-state index is 0.101. The number of benzene rings is 2. The topological polar surface area (TPSA) is 3.24 Å². The molecule has 0 amide bonds. The molecule has 2 aromatic carbocycles. The lowest BCUT2D eigenvalue weighted by molar-refractivity contribution is -0.144. The van der Waals surface area contributed by atoms with Gasteiger partial charge in [-0.05, 0) is 75.4 Å². The third-order valence-electron chi connectivity index (χ3n) is 6.42. The standard InChI is InChI=1S/C25H27F6N/c1-32(2)23(19-11-7-4-8-12-19,16-15-18-9-5-3-6-10-18)21-14-13-20(24(26,27)28)17-22(21)25(29,30)31/h3,5-7,9-11,13-14,17,19H,4,8,12,15-16H2,1-2H3. The van der Waals surface area contributed by atoms with Gasteiger partial charge in [0.25, 0.3) is 0 Å². The maximum atomic E-state index is 14.1. The molecule has 0 saturated carbocycles. The molecule has 0 saturated heterocycles. The molecule has 0 N–H and O–H groups in total. The number of aryl methyl sites for hydroxylation is 1. The normalized spacial score (nSPS) is 19.2. The van der Waals surface area contributed by atoms with E-state index in [2.05, 4.69) is 0 Å². The first-order chi connectivity index (χ1) is 15.0. The highest BCUT2D eigenvalue weighted by Crippen LogP contribution is 2.49. The minimum Gasteiger partial charge on any atom is -0.299 e. The first kappa shape index (κ1) is 24.4. The van der Waals surface area contributed by atoms with Crippen LogP contribution in [0, 0.1) is 5.92 Å². The number of rotatable bonds is 6. The quantitative estimate of drug-likeness (QED) is 0.323. The summed E-state index contributed by atoms with van der Waals surface area (Å²) in [7, 11) is 3.43. The summed E-state index contributed by atoms with van der Waals surface area (Å²) < 4.78 is 82.2. The zero-order valence-electron chi connectivity index (χ0n) is 18.1. The maximum absolute atomic E-state index is 14.1. The molecule has 0 fully saturated rings. The van der Waals surface area contributed by atoms with Crippen LogP contribution in [0.25, 0.3) is 0 Å². The average molecular weight is 455 g/mol. The second-order valence-electron chi connectivity index (χ2n) is 8.53. The van der Waals surface area contributed by atoms with Gasteiger partial charge < -0.3 is 0 Å². The van der Waals surface area contributed by atoms with Crippen LogP contribution in [0.2, 0.25) is 0 Å². The Morgan fingerprint density at radius 2 is 1.56 bits per heavy atom. The van der Waals surface area contributed by atoms with Gasteiger partial charge in [-0.25, -0.2) is 0 Å². The Morgan fingerprint density at radius 1 is 0.875 bits per heavy atom. The SMILES string of the molecule is CN(C)C(CCc1ccccc1)(c1ccc(C(F)(F)F)cc1C(F)(F)F)C1C=CCCC1. The summed E-state index contributed by atoms with van der Waals surface area (Å²) >= 11 is 0. The summed E-state index contributed by atoms with van der Waals surface area (Å²) in [4.78, 5) is 1.76. The zero-order chi connectivity index (χ0) is 23.6. The van der Waals surface area contributed by atoms with Gasteiger partial charge in [0.1, 0.15) is 0 Å². The lowest BCUT2D eigenvalue weighted by Crippen LogP contribution is -2.49. The first-order valence-electron chi connectivity index (χ1n) is 10.6. The molecule has 0 aromatic heterocycles. The monoisotopic (exact) mass is 455 g/mol. The molecule has 1 nitrogen and oxygen atoms in total. The fourth-order valence-electron chi connectivity index (χ4n) is 4.84. The smallest absolute Gasteiger partial charge is 0.299 e. The van der Waals surface area contributed by atoms with E-state index >= 15 is 0 Å². The Bertz CT molecular complexity index is 930. The summed E-state index contributed by atoms with van der Waals surface area (Å²) in [5.74, 6) is -0.257. The third kappa shape index (κ3) is 5.03. The van der Waals surface area contributed by atoms with Crippen LogP contribution in [-0.2, 0) is 24.3 Å². The number of hydrogen-bond acceptors (Lipinski definition) is 1. The molecule has 1 aliphatic carbocycles.